The van der Waals surface area contributed by atoms with Crippen molar-refractivity contribution in [1.29, 1.82) is 0 Å². The van der Waals surface area contributed by atoms with Gasteiger partial charge in [0.15, 0.2) is 5.96 Å². The summed E-state index contributed by atoms with van der Waals surface area (Å²) in [7, 11) is 4.14. The highest BCUT2D eigenvalue weighted by Gasteiger charge is 2.09. The average molecular weight is 376 g/mol. The molecule has 1 aliphatic rings. The molecule has 2 rings (SSSR count). The molecule has 1 aromatic rings. The van der Waals surface area contributed by atoms with E-state index in [0.29, 0.717) is 0 Å². The number of hydrogen-bond acceptors (Lipinski definition) is 4. The maximum absolute atomic E-state index is 5.39. The van der Waals surface area contributed by atoms with Gasteiger partial charge in [0.2, 0.25) is 0 Å². The molecule has 1 heterocycles. The number of rotatable bonds is 10. The molecular formula is C21H37N5O. The fraction of sp³-hybridized carbons (Fsp3) is 0.667. The van der Waals surface area contributed by atoms with E-state index in [1.54, 1.807) is 0 Å². The maximum atomic E-state index is 5.39. The zero-order chi connectivity index (χ0) is 19.3. The Morgan fingerprint density at radius 3 is 2.52 bits per heavy atom. The molecule has 0 saturated carbocycles. The Balaban J connectivity index is 1.64. The molecule has 0 spiro atoms. The van der Waals surface area contributed by atoms with Gasteiger partial charge in [-0.25, -0.2) is 0 Å². The summed E-state index contributed by atoms with van der Waals surface area (Å²) < 4.78 is 5.39. The van der Waals surface area contributed by atoms with Crippen molar-refractivity contribution >= 4 is 11.6 Å². The molecule has 1 saturated heterocycles. The SMILES string of the molecule is CCNC(=NCCCc1ccc(N(C)C)cc1)NCCCN1CCOCC1. The second-order valence-corrected chi connectivity index (χ2v) is 7.16. The van der Waals surface area contributed by atoms with E-state index in [2.05, 4.69) is 65.7 Å². The lowest BCUT2D eigenvalue weighted by molar-refractivity contribution is 0.0376. The van der Waals surface area contributed by atoms with Crippen LogP contribution < -0.4 is 15.5 Å². The zero-order valence-corrected chi connectivity index (χ0v) is 17.3. The minimum Gasteiger partial charge on any atom is -0.379 e. The van der Waals surface area contributed by atoms with Crippen molar-refractivity contribution in [3.05, 3.63) is 29.8 Å². The predicted molar refractivity (Wildman–Crippen MR) is 115 cm³/mol. The summed E-state index contributed by atoms with van der Waals surface area (Å²) in [5, 5.41) is 6.79. The molecule has 0 bridgehead atoms. The third-order valence-corrected chi connectivity index (χ3v) is 4.74. The van der Waals surface area contributed by atoms with E-state index in [4.69, 9.17) is 9.73 Å². The van der Waals surface area contributed by atoms with Gasteiger partial charge >= 0.3 is 0 Å². The van der Waals surface area contributed by atoms with Gasteiger partial charge in [-0.2, -0.15) is 0 Å². The number of aryl methyl sites for hydroxylation is 1. The number of morpholine rings is 1. The summed E-state index contributed by atoms with van der Waals surface area (Å²) in [6.07, 6.45) is 3.25. The highest BCUT2D eigenvalue weighted by atomic mass is 16.5. The van der Waals surface area contributed by atoms with Crippen molar-refractivity contribution in [2.24, 2.45) is 4.99 Å². The van der Waals surface area contributed by atoms with E-state index in [1.165, 1.54) is 11.3 Å². The van der Waals surface area contributed by atoms with E-state index >= 15 is 0 Å². The van der Waals surface area contributed by atoms with Crippen LogP contribution in [0.25, 0.3) is 0 Å². The van der Waals surface area contributed by atoms with E-state index < -0.39 is 0 Å². The van der Waals surface area contributed by atoms with Gasteiger partial charge in [0, 0.05) is 52.5 Å². The Kier molecular flexibility index (Phi) is 10.0. The average Bonchev–Trinajstić information content (AvgIpc) is 2.69. The summed E-state index contributed by atoms with van der Waals surface area (Å²) in [5.74, 6) is 0.933. The largest absolute Gasteiger partial charge is 0.379 e. The van der Waals surface area contributed by atoms with Gasteiger partial charge in [0.25, 0.3) is 0 Å². The maximum Gasteiger partial charge on any atom is 0.191 e. The Labute approximate surface area is 165 Å². The van der Waals surface area contributed by atoms with Crippen molar-refractivity contribution in [3.63, 3.8) is 0 Å². The highest BCUT2D eigenvalue weighted by Crippen LogP contribution is 2.13. The molecule has 2 N–H and O–H groups in total. The first-order valence-electron chi connectivity index (χ1n) is 10.3. The third-order valence-electron chi connectivity index (χ3n) is 4.74. The van der Waals surface area contributed by atoms with Crippen molar-refractivity contribution < 1.29 is 4.74 Å². The number of benzene rings is 1. The Morgan fingerprint density at radius 1 is 1.11 bits per heavy atom. The molecule has 27 heavy (non-hydrogen) atoms. The van der Waals surface area contributed by atoms with Crippen LogP contribution in [0, 0.1) is 0 Å². The molecule has 6 heteroatoms. The number of guanidine groups is 1. The topological polar surface area (TPSA) is 52.1 Å². The molecule has 0 amide bonds. The van der Waals surface area contributed by atoms with Gasteiger partial charge < -0.3 is 20.3 Å². The quantitative estimate of drug-likeness (QED) is 0.372. The minimum absolute atomic E-state index is 0.841. The van der Waals surface area contributed by atoms with Crippen LogP contribution >= 0.6 is 0 Å². The lowest BCUT2D eigenvalue weighted by atomic mass is 10.1. The predicted octanol–water partition coefficient (Wildman–Crippen LogP) is 1.96. The van der Waals surface area contributed by atoms with Gasteiger partial charge in [0.1, 0.15) is 0 Å². The van der Waals surface area contributed by atoms with Crippen LogP contribution in [0.1, 0.15) is 25.3 Å². The number of ether oxygens (including phenoxy) is 1. The number of hydrogen-bond donors (Lipinski definition) is 2. The van der Waals surface area contributed by atoms with Gasteiger partial charge in [-0.1, -0.05) is 12.1 Å². The van der Waals surface area contributed by atoms with Crippen molar-refractivity contribution in [3.8, 4) is 0 Å². The first-order valence-corrected chi connectivity index (χ1v) is 10.3. The number of aliphatic imine (C=N–C) groups is 1. The van der Waals surface area contributed by atoms with Gasteiger partial charge in [-0.05, 0) is 50.4 Å². The summed E-state index contributed by atoms with van der Waals surface area (Å²) in [6, 6.07) is 8.79. The summed E-state index contributed by atoms with van der Waals surface area (Å²) >= 11 is 0. The molecule has 0 unspecified atom stereocenters. The Bertz CT molecular complexity index is 538. The molecule has 1 aromatic carbocycles. The minimum atomic E-state index is 0.841. The number of anilines is 1. The van der Waals surface area contributed by atoms with Crippen LogP contribution in [-0.4, -0.2) is 77.4 Å². The van der Waals surface area contributed by atoms with Gasteiger partial charge in [0.05, 0.1) is 13.2 Å². The van der Waals surface area contributed by atoms with Crippen molar-refractivity contribution in [2.45, 2.75) is 26.2 Å². The third kappa shape index (κ3) is 8.63. The van der Waals surface area contributed by atoms with E-state index in [-0.39, 0.29) is 0 Å². The standard InChI is InChI=1S/C21H37N5O/c1-4-22-21(24-13-6-14-26-15-17-27-18-16-26)23-12-5-7-19-8-10-20(11-9-19)25(2)3/h8-11H,4-7,12-18H2,1-3H3,(H2,22,23,24). The number of nitrogens with one attached hydrogen (secondary N) is 2. The Hall–Kier alpha value is -1.79. The molecule has 152 valence electrons. The molecule has 0 aliphatic carbocycles. The van der Waals surface area contributed by atoms with Crippen molar-refractivity contribution in [2.75, 3.05) is 71.5 Å². The normalized spacial score (nSPS) is 15.6. The fourth-order valence-corrected chi connectivity index (χ4v) is 3.11. The van der Waals surface area contributed by atoms with Crippen LogP contribution in [0.2, 0.25) is 0 Å². The zero-order valence-electron chi connectivity index (χ0n) is 17.3. The molecule has 1 aliphatic heterocycles. The van der Waals surface area contributed by atoms with Gasteiger partial charge in [-0.3, -0.25) is 9.89 Å². The van der Waals surface area contributed by atoms with E-state index in [1.807, 2.05) is 0 Å². The Morgan fingerprint density at radius 2 is 1.85 bits per heavy atom. The van der Waals surface area contributed by atoms with Crippen LogP contribution in [0.4, 0.5) is 5.69 Å². The molecule has 0 radical (unpaired) electrons. The van der Waals surface area contributed by atoms with Crippen LogP contribution in [-0.2, 0) is 11.2 Å². The molecular weight excluding hydrogens is 338 g/mol. The summed E-state index contributed by atoms with van der Waals surface area (Å²) in [4.78, 5) is 9.31. The van der Waals surface area contributed by atoms with Crippen LogP contribution in [0.15, 0.2) is 29.3 Å². The summed E-state index contributed by atoms with van der Waals surface area (Å²) in [6.45, 7) is 9.78. The smallest absolute Gasteiger partial charge is 0.191 e. The lowest BCUT2D eigenvalue weighted by Crippen LogP contribution is -2.40. The second kappa shape index (κ2) is 12.6. The number of nitrogens with zero attached hydrogens (tertiary/aromatic N) is 3. The lowest BCUT2D eigenvalue weighted by Gasteiger charge is -2.26. The van der Waals surface area contributed by atoms with E-state index in [0.717, 1.165) is 77.7 Å². The molecule has 6 nitrogen and oxygen atoms in total. The second-order valence-electron chi connectivity index (χ2n) is 7.16. The molecule has 0 aromatic heterocycles. The summed E-state index contributed by atoms with van der Waals surface area (Å²) in [5.41, 5.74) is 2.62. The molecule has 1 fully saturated rings. The highest BCUT2D eigenvalue weighted by molar-refractivity contribution is 5.79. The van der Waals surface area contributed by atoms with Gasteiger partial charge in [-0.15, -0.1) is 0 Å². The van der Waals surface area contributed by atoms with Crippen LogP contribution in [0.3, 0.4) is 0 Å². The monoisotopic (exact) mass is 375 g/mol. The van der Waals surface area contributed by atoms with Crippen molar-refractivity contribution in [1.82, 2.24) is 15.5 Å². The van der Waals surface area contributed by atoms with E-state index in [9.17, 15) is 0 Å². The molecule has 0 atom stereocenters. The fourth-order valence-electron chi connectivity index (χ4n) is 3.11. The first kappa shape index (κ1) is 21.5. The first-order chi connectivity index (χ1) is 13.2. The van der Waals surface area contributed by atoms with Crippen LogP contribution in [0.5, 0.6) is 0 Å².